The van der Waals surface area contributed by atoms with Gasteiger partial charge in [0.1, 0.15) is 0 Å². The van der Waals surface area contributed by atoms with Gasteiger partial charge in [-0.15, -0.1) is 0 Å². The molecule has 0 atom stereocenters. The van der Waals surface area contributed by atoms with Crippen LogP contribution in [0.3, 0.4) is 0 Å². The Hall–Kier alpha value is -1.91. The van der Waals surface area contributed by atoms with Crippen LogP contribution in [0.5, 0.6) is 11.5 Å². The molecule has 2 rings (SSSR count). The predicted octanol–water partition coefficient (Wildman–Crippen LogP) is 1.09. The van der Waals surface area contributed by atoms with Crippen molar-refractivity contribution >= 4 is 52.8 Å². The first-order valence-corrected chi connectivity index (χ1v) is 9.68. The molecule has 0 saturated carbocycles. The zero-order chi connectivity index (χ0) is 19.5. The Morgan fingerprint density at radius 3 is 2.15 bits per heavy atom. The van der Waals surface area contributed by atoms with Gasteiger partial charge in [-0.1, -0.05) is 0 Å². The molecular formula is C16H13NaO8S. The van der Waals surface area contributed by atoms with Crippen molar-refractivity contribution in [2.24, 2.45) is 0 Å². The van der Waals surface area contributed by atoms with E-state index in [9.17, 15) is 22.6 Å². The van der Waals surface area contributed by atoms with Gasteiger partial charge in [0.05, 0.1) is 0 Å². The first-order valence-electron chi connectivity index (χ1n) is 7.24. The van der Waals surface area contributed by atoms with Gasteiger partial charge in [0.15, 0.2) is 0 Å². The number of hydrogen-bond donors (Lipinski definition) is 1. The van der Waals surface area contributed by atoms with E-state index in [0.717, 1.165) is 9.92 Å². The molecule has 26 heavy (non-hydrogen) atoms. The van der Waals surface area contributed by atoms with Crippen LogP contribution in [0.4, 0.5) is 0 Å². The van der Waals surface area contributed by atoms with E-state index in [1.807, 2.05) is 0 Å². The average Bonchev–Trinajstić information content (AvgIpc) is 2.61. The van der Waals surface area contributed by atoms with Gasteiger partial charge in [0, 0.05) is 0 Å². The van der Waals surface area contributed by atoms with Crippen LogP contribution in [0.2, 0.25) is 0 Å². The molecule has 0 saturated heterocycles. The maximum absolute atomic E-state index is 12.0. The predicted molar refractivity (Wildman–Crippen MR) is 90.8 cm³/mol. The van der Waals surface area contributed by atoms with Crippen LogP contribution >= 0.6 is 0 Å². The third kappa shape index (κ3) is 4.63. The van der Waals surface area contributed by atoms with Crippen LogP contribution in [0.15, 0.2) is 41.3 Å². The van der Waals surface area contributed by atoms with E-state index in [-0.39, 0.29) is 22.6 Å². The van der Waals surface area contributed by atoms with Crippen LogP contribution in [0.25, 0.3) is 0 Å². The van der Waals surface area contributed by atoms with Crippen molar-refractivity contribution in [3.05, 3.63) is 47.5 Å². The first kappa shape index (κ1) is 20.4. The Balaban J connectivity index is 2.57. The topological polar surface area (TPSA) is 116 Å². The van der Waals surface area contributed by atoms with Crippen molar-refractivity contribution in [3.8, 4) is 11.5 Å². The van der Waals surface area contributed by atoms with E-state index in [1.165, 1.54) is 37.4 Å². The second-order valence-corrected chi connectivity index (χ2v) is 7.77. The number of esters is 2. The van der Waals surface area contributed by atoms with Crippen LogP contribution in [0.1, 0.15) is 20.7 Å². The van der Waals surface area contributed by atoms with Gasteiger partial charge in [-0.2, -0.15) is 0 Å². The quantitative estimate of drug-likeness (QED) is 0.460. The van der Waals surface area contributed by atoms with E-state index in [1.54, 1.807) is 6.07 Å². The fraction of sp³-hybridized carbons (Fsp3) is 0.125. The number of carbonyl (C=O) groups excluding carboxylic acids is 2. The third-order valence-corrected chi connectivity index (χ3v) is 4.90. The Kier molecular flexibility index (Phi) is 6.43. The second kappa shape index (κ2) is 8.19. The van der Waals surface area contributed by atoms with E-state index < -0.39 is 27.0 Å². The van der Waals surface area contributed by atoms with Gasteiger partial charge in [-0.3, -0.25) is 0 Å². The molecule has 0 aliphatic rings. The van der Waals surface area contributed by atoms with Crippen molar-refractivity contribution in [3.63, 3.8) is 0 Å². The molecule has 0 radical (unpaired) electrons. The molecule has 0 fully saturated rings. The van der Waals surface area contributed by atoms with Gasteiger partial charge in [-0.05, 0) is 0 Å². The SMILES string of the molecule is COC(=O)c1ccc(Oc2cc[c]([Na])cc2S(=O)(=O)O)c(C(=O)OC)c1. The third-order valence-electron chi connectivity index (χ3n) is 3.40. The number of benzene rings is 2. The molecule has 1 N–H and O–H groups in total. The Morgan fingerprint density at radius 2 is 1.58 bits per heavy atom. The van der Waals surface area contributed by atoms with E-state index in [4.69, 9.17) is 4.74 Å². The van der Waals surface area contributed by atoms with Gasteiger partial charge in [0.25, 0.3) is 0 Å². The standard InChI is InChI=1S/C16H13O8S.Na/c1-22-15(17)10-7-8-12(11(9-10)16(18)23-2)24-13-5-3-4-6-14(13)25(19,20)21;/h3,5-9H,1-2H3,(H,19,20,21);. The fourth-order valence-corrected chi connectivity index (χ4v) is 3.52. The molecule has 2 aromatic carbocycles. The number of hydrogen-bond acceptors (Lipinski definition) is 7. The molecule has 0 heterocycles. The zero-order valence-corrected chi connectivity index (χ0v) is 17.0. The van der Waals surface area contributed by atoms with Crippen molar-refractivity contribution in [2.75, 3.05) is 14.2 Å². The Bertz CT molecular complexity index is 968. The monoisotopic (exact) mass is 388 g/mol. The molecular weight excluding hydrogens is 375 g/mol. The fourth-order valence-electron chi connectivity index (χ4n) is 2.15. The molecule has 0 aliphatic carbocycles. The van der Waals surface area contributed by atoms with E-state index >= 15 is 0 Å². The van der Waals surface area contributed by atoms with Crippen molar-refractivity contribution in [2.45, 2.75) is 4.90 Å². The molecule has 2 aromatic rings. The summed E-state index contributed by atoms with van der Waals surface area (Å²) < 4.78 is 48.1. The summed E-state index contributed by atoms with van der Waals surface area (Å²) in [6, 6.07) is 8.17. The van der Waals surface area contributed by atoms with Gasteiger partial charge < -0.3 is 0 Å². The van der Waals surface area contributed by atoms with E-state index in [2.05, 4.69) is 9.47 Å². The maximum atomic E-state index is 12.0. The minimum atomic E-state index is -4.53. The molecule has 0 aromatic heterocycles. The summed E-state index contributed by atoms with van der Waals surface area (Å²) >= 11 is 0.563. The Morgan fingerprint density at radius 1 is 0.962 bits per heavy atom. The van der Waals surface area contributed by atoms with Crippen LogP contribution in [0, 0.1) is 0 Å². The van der Waals surface area contributed by atoms with Crippen LogP contribution in [-0.2, 0) is 19.6 Å². The normalized spacial score (nSPS) is 11.0. The number of rotatable bonds is 5. The summed E-state index contributed by atoms with van der Waals surface area (Å²) in [6.45, 7) is 0. The zero-order valence-electron chi connectivity index (χ0n) is 14.2. The van der Waals surface area contributed by atoms with Crippen molar-refractivity contribution in [1.82, 2.24) is 0 Å². The summed E-state index contributed by atoms with van der Waals surface area (Å²) in [5.74, 6) is -1.67. The first-order chi connectivity index (χ1) is 12.2. The number of carbonyl (C=O) groups is 2. The van der Waals surface area contributed by atoms with Crippen molar-refractivity contribution < 1.29 is 36.8 Å². The summed E-state index contributed by atoms with van der Waals surface area (Å²) in [6.07, 6.45) is 0. The van der Waals surface area contributed by atoms with Crippen molar-refractivity contribution in [1.29, 1.82) is 0 Å². The molecule has 0 bridgehead atoms. The van der Waals surface area contributed by atoms with Gasteiger partial charge in [-0.25, -0.2) is 0 Å². The minimum absolute atomic E-state index is 0.0458. The molecule has 132 valence electrons. The summed E-state index contributed by atoms with van der Waals surface area (Å²) in [4.78, 5) is 23.2. The molecule has 0 spiro atoms. The molecule has 10 heteroatoms. The molecule has 8 nitrogen and oxygen atoms in total. The summed E-state index contributed by atoms with van der Waals surface area (Å²) in [5.41, 5.74) is -0.0169. The summed E-state index contributed by atoms with van der Waals surface area (Å²) in [5, 5.41) is 0. The molecule has 0 amide bonds. The van der Waals surface area contributed by atoms with Gasteiger partial charge in [0.2, 0.25) is 0 Å². The van der Waals surface area contributed by atoms with E-state index in [0.29, 0.717) is 27.9 Å². The van der Waals surface area contributed by atoms with Gasteiger partial charge >= 0.3 is 168 Å². The second-order valence-electron chi connectivity index (χ2n) is 5.22. The molecule has 0 unspecified atom stereocenters. The summed E-state index contributed by atoms with van der Waals surface area (Å²) in [7, 11) is -2.19. The average molecular weight is 388 g/mol. The number of ether oxygens (including phenoxy) is 3. The Labute approximate surface area is 167 Å². The molecule has 0 aliphatic heterocycles. The van der Waals surface area contributed by atoms with Crippen LogP contribution in [-0.4, -0.2) is 67.1 Å². The number of methoxy groups -OCH3 is 2. The van der Waals surface area contributed by atoms with Crippen LogP contribution < -0.4 is 7.55 Å².